The van der Waals surface area contributed by atoms with Crippen LogP contribution in [0.15, 0.2) is 36.5 Å². The largest absolute Gasteiger partial charge is 0.354 e. The van der Waals surface area contributed by atoms with Gasteiger partial charge in [-0.25, -0.2) is 18.6 Å². The fourth-order valence-corrected chi connectivity index (χ4v) is 3.20. The first kappa shape index (κ1) is 21.0. The van der Waals surface area contributed by atoms with E-state index in [2.05, 4.69) is 25.4 Å². The molecule has 1 aliphatic heterocycles. The van der Waals surface area contributed by atoms with Gasteiger partial charge >= 0.3 is 6.03 Å². The SMILES string of the molecule is CC(C)(C)NC(=O)Nc1ccc(N2CCN(Cc3cccc(F)c3F)CC2)nc1. The summed E-state index contributed by atoms with van der Waals surface area (Å²) < 4.78 is 27.2. The number of benzene rings is 1. The van der Waals surface area contributed by atoms with E-state index < -0.39 is 11.6 Å². The van der Waals surface area contributed by atoms with Crippen molar-refractivity contribution < 1.29 is 13.6 Å². The molecular weight excluding hydrogens is 376 g/mol. The maximum absolute atomic E-state index is 13.9. The van der Waals surface area contributed by atoms with Crippen molar-refractivity contribution in [2.75, 3.05) is 36.4 Å². The van der Waals surface area contributed by atoms with Gasteiger partial charge in [0.25, 0.3) is 0 Å². The average molecular weight is 403 g/mol. The predicted octanol–water partition coefficient (Wildman–Crippen LogP) is 3.60. The molecule has 29 heavy (non-hydrogen) atoms. The minimum Gasteiger partial charge on any atom is -0.354 e. The zero-order valence-electron chi connectivity index (χ0n) is 17.0. The summed E-state index contributed by atoms with van der Waals surface area (Å²) in [7, 11) is 0. The Kier molecular flexibility index (Phi) is 6.32. The third-order valence-corrected chi connectivity index (χ3v) is 4.62. The molecule has 156 valence electrons. The number of rotatable bonds is 4. The molecule has 0 bridgehead atoms. The normalized spacial score (nSPS) is 15.3. The molecule has 1 aliphatic rings. The van der Waals surface area contributed by atoms with Crippen molar-refractivity contribution in [3.63, 3.8) is 0 Å². The summed E-state index contributed by atoms with van der Waals surface area (Å²) in [4.78, 5) is 20.6. The van der Waals surface area contributed by atoms with Crippen LogP contribution in [0.5, 0.6) is 0 Å². The number of piperazine rings is 1. The van der Waals surface area contributed by atoms with E-state index in [4.69, 9.17) is 0 Å². The Labute approximate surface area is 169 Å². The van der Waals surface area contributed by atoms with E-state index in [1.165, 1.54) is 6.07 Å². The molecule has 0 unspecified atom stereocenters. The van der Waals surface area contributed by atoms with Gasteiger partial charge in [-0.15, -0.1) is 0 Å². The van der Waals surface area contributed by atoms with Crippen molar-refractivity contribution in [3.05, 3.63) is 53.7 Å². The molecule has 2 heterocycles. The molecule has 0 saturated carbocycles. The highest BCUT2D eigenvalue weighted by atomic mass is 19.2. The summed E-state index contributed by atoms with van der Waals surface area (Å²) in [5.74, 6) is -0.756. The number of anilines is 2. The molecule has 1 fully saturated rings. The molecule has 2 N–H and O–H groups in total. The maximum Gasteiger partial charge on any atom is 0.319 e. The molecule has 3 rings (SSSR count). The number of aromatic nitrogens is 1. The van der Waals surface area contributed by atoms with Crippen molar-refractivity contribution in [1.82, 2.24) is 15.2 Å². The van der Waals surface area contributed by atoms with Gasteiger partial charge in [0, 0.05) is 43.8 Å². The number of amides is 2. The molecule has 8 heteroatoms. The Morgan fingerprint density at radius 2 is 1.83 bits per heavy atom. The Balaban J connectivity index is 1.52. The van der Waals surface area contributed by atoms with Crippen LogP contribution < -0.4 is 15.5 Å². The van der Waals surface area contributed by atoms with Gasteiger partial charge in [0.1, 0.15) is 5.82 Å². The minimum absolute atomic E-state index is 0.273. The Morgan fingerprint density at radius 1 is 1.10 bits per heavy atom. The van der Waals surface area contributed by atoms with Gasteiger partial charge in [-0.3, -0.25) is 4.90 Å². The second-order valence-corrected chi connectivity index (χ2v) is 8.21. The number of pyridine rings is 1. The van der Waals surface area contributed by atoms with Gasteiger partial charge in [-0.2, -0.15) is 0 Å². The summed E-state index contributed by atoms with van der Waals surface area (Å²) in [6.07, 6.45) is 1.63. The van der Waals surface area contributed by atoms with Crippen LogP contribution in [0, 0.1) is 11.6 Å². The summed E-state index contributed by atoms with van der Waals surface area (Å²) >= 11 is 0. The third-order valence-electron chi connectivity index (χ3n) is 4.62. The van der Waals surface area contributed by atoms with Gasteiger partial charge in [0.15, 0.2) is 11.6 Å². The maximum atomic E-state index is 13.9. The molecule has 0 atom stereocenters. The van der Waals surface area contributed by atoms with Crippen molar-refractivity contribution in [3.8, 4) is 0 Å². The van der Waals surface area contributed by atoms with E-state index in [-0.39, 0.29) is 11.6 Å². The van der Waals surface area contributed by atoms with Crippen LogP contribution >= 0.6 is 0 Å². The average Bonchev–Trinajstić information content (AvgIpc) is 2.65. The first-order valence-electron chi connectivity index (χ1n) is 9.67. The first-order chi connectivity index (χ1) is 13.7. The fraction of sp³-hybridized carbons (Fsp3) is 0.429. The van der Waals surface area contributed by atoms with E-state index in [0.29, 0.717) is 17.8 Å². The molecule has 2 amide bonds. The first-order valence-corrected chi connectivity index (χ1v) is 9.67. The van der Waals surface area contributed by atoms with Crippen LogP contribution in [-0.2, 0) is 6.54 Å². The zero-order chi connectivity index (χ0) is 21.0. The molecule has 0 aliphatic carbocycles. The van der Waals surface area contributed by atoms with E-state index in [1.807, 2.05) is 32.9 Å². The van der Waals surface area contributed by atoms with Gasteiger partial charge in [0.2, 0.25) is 0 Å². The molecule has 1 saturated heterocycles. The number of urea groups is 1. The summed E-state index contributed by atoms with van der Waals surface area (Å²) in [5.41, 5.74) is 0.683. The summed E-state index contributed by atoms with van der Waals surface area (Å²) in [5, 5.41) is 5.60. The topological polar surface area (TPSA) is 60.5 Å². The van der Waals surface area contributed by atoms with E-state index in [1.54, 1.807) is 12.3 Å². The van der Waals surface area contributed by atoms with Crippen LogP contribution in [0.4, 0.5) is 25.1 Å². The van der Waals surface area contributed by atoms with E-state index in [0.717, 1.165) is 38.1 Å². The molecule has 0 radical (unpaired) electrons. The van der Waals surface area contributed by atoms with Crippen LogP contribution in [0.3, 0.4) is 0 Å². The lowest BCUT2D eigenvalue weighted by molar-refractivity contribution is 0.243. The lowest BCUT2D eigenvalue weighted by Gasteiger charge is -2.35. The smallest absolute Gasteiger partial charge is 0.319 e. The highest BCUT2D eigenvalue weighted by Crippen LogP contribution is 2.19. The lowest BCUT2D eigenvalue weighted by atomic mass is 10.1. The third kappa shape index (κ3) is 5.87. The Bertz CT molecular complexity index is 843. The number of halogens is 2. The predicted molar refractivity (Wildman–Crippen MR) is 110 cm³/mol. The standard InChI is InChI=1S/C21H27F2N5O/c1-21(2,3)26-20(29)25-16-7-8-18(24-13-16)28-11-9-27(10-12-28)14-15-5-4-6-17(22)19(15)23/h4-8,13H,9-12,14H2,1-3H3,(H2,25,26,29). The minimum atomic E-state index is -0.810. The fourth-order valence-electron chi connectivity index (χ4n) is 3.20. The Hall–Kier alpha value is -2.74. The highest BCUT2D eigenvalue weighted by Gasteiger charge is 2.20. The molecule has 6 nitrogen and oxygen atoms in total. The second-order valence-electron chi connectivity index (χ2n) is 8.21. The molecule has 1 aromatic heterocycles. The monoisotopic (exact) mass is 403 g/mol. The van der Waals surface area contributed by atoms with Gasteiger partial charge in [-0.1, -0.05) is 12.1 Å². The van der Waals surface area contributed by atoms with Gasteiger partial charge in [0.05, 0.1) is 11.9 Å². The zero-order valence-corrected chi connectivity index (χ0v) is 17.0. The summed E-state index contributed by atoms with van der Waals surface area (Å²) in [6, 6.07) is 7.70. The van der Waals surface area contributed by atoms with Crippen LogP contribution in [0.2, 0.25) is 0 Å². The number of nitrogens with zero attached hydrogens (tertiary/aromatic N) is 3. The van der Waals surface area contributed by atoms with Crippen molar-refractivity contribution in [2.45, 2.75) is 32.9 Å². The second kappa shape index (κ2) is 8.73. The van der Waals surface area contributed by atoms with Crippen molar-refractivity contribution in [2.24, 2.45) is 0 Å². The number of carbonyl (C=O) groups is 1. The van der Waals surface area contributed by atoms with E-state index >= 15 is 0 Å². The van der Waals surface area contributed by atoms with Crippen LogP contribution in [-0.4, -0.2) is 47.6 Å². The van der Waals surface area contributed by atoms with E-state index in [9.17, 15) is 13.6 Å². The van der Waals surface area contributed by atoms with Crippen molar-refractivity contribution in [1.29, 1.82) is 0 Å². The highest BCUT2D eigenvalue weighted by molar-refractivity contribution is 5.89. The molecule has 1 aromatic carbocycles. The number of carbonyl (C=O) groups excluding carboxylic acids is 1. The van der Waals surface area contributed by atoms with Crippen LogP contribution in [0.1, 0.15) is 26.3 Å². The van der Waals surface area contributed by atoms with Crippen LogP contribution in [0.25, 0.3) is 0 Å². The number of nitrogens with one attached hydrogen (secondary N) is 2. The summed E-state index contributed by atoms with van der Waals surface area (Å²) in [6.45, 7) is 9.05. The van der Waals surface area contributed by atoms with Gasteiger partial charge in [-0.05, 0) is 39.0 Å². The lowest BCUT2D eigenvalue weighted by Crippen LogP contribution is -2.46. The number of hydrogen-bond donors (Lipinski definition) is 2. The molecule has 0 spiro atoms. The molecular formula is C21H27F2N5O. The number of hydrogen-bond acceptors (Lipinski definition) is 4. The van der Waals surface area contributed by atoms with Crippen molar-refractivity contribution >= 4 is 17.5 Å². The molecule has 2 aromatic rings. The Morgan fingerprint density at radius 3 is 2.45 bits per heavy atom. The van der Waals surface area contributed by atoms with Gasteiger partial charge < -0.3 is 15.5 Å². The quantitative estimate of drug-likeness (QED) is 0.819.